The molecule has 6 nitrogen and oxygen atoms in total. The lowest BCUT2D eigenvalue weighted by atomic mass is 10.1. The minimum absolute atomic E-state index is 0.00630. The van der Waals surface area contributed by atoms with Gasteiger partial charge in [-0.05, 0) is 44.9 Å². The molecule has 126 valence electrons. The summed E-state index contributed by atoms with van der Waals surface area (Å²) >= 11 is 0. The van der Waals surface area contributed by atoms with Gasteiger partial charge in [-0.15, -0.1) is 0 Å². The van der Waals surface area contributed by atoms with Crippen LogP contribution in [-0.4, -0.2) is 51.0 Å². The molecule has 0 aliphatic carbocycles. The number of benzene rings is 1. The Bertz CT molecular complexity index is 703. The summed E-state index contributed by atoms with van der Waals surface area (Å²) in [6.07, 6.45) is 2.54. The maximum atomic E-state index is 13.2. The number of aryl methyl sites for hydroxylation is 1. The number of rotatable bonds is 3. The lowest BCUT2D eigenvalue weighted by Crippen LogP contribution is -2.42. The predicted molar refractivity (Wildman–Crippen MR) is 85.8 cm³/mol. The second kappa shape index (κ2) is 6.22. The molecule has 3 rings (SSSR count). The molecule has 0 radical (unpaired) electrons. The van der Waals surface area contributed by atoms with E-state index in [-0.39, 0.29) is 22.5 Å². The van der Waals surface area contributed by atoms with Gasteiger partial charge < -0.3 is 10.1 Å². The fourth-order valence-electron chi connectivity index (χ4n) is 3.58. The summed E-state index contributed by atoms with van der Waals surface area (Å²) in [5, 5.41) is 3.29. The van der Waals surface area contributed by atoms with Crippen LogP contribution < -0.4 is 5.32 Å². The molecule has 0 aromatic heterocycles. The Balaban J connectivity index is 2.08. The van der Waals surface area contributed by atoms with Crippen molar-refractivity contribution in [1.29, 1.82) is 0 Å². The molecule has 2 saturated heterocycles. The Kier molecular flexibility index (Phi) is 4.44. The summed E-state index contributed by atoms with van der Waals surface area (Å²) in [5.41, 5.74) is 0.939. The van der Waals surface area contributed by atoms with Crippen LogP contribution >= 0.6 is 0 Å². The third-order valence-corrected chi connectivity index (χ3v) is 6.75. The molecular formula is C16H22N2O4S. The van der Waals surface area contributed by atoms with Gasteiger partial charge in [-0.25, -0.2) is 13.2 Å². The van der Waals surface area contributed by atoms with E-state index in [4.69, 9.17) is 4.74 Å². The van der Waals surface area contributed by atoms with E-state index in [1.165, 1.54) is 13.2 Å². The van der Waals surface area contributed by atoms with Gasteiger partial charge in [0.05, 0.1) is 17.6 Å². The van der Waals surface area contributed by atoms with Crippen LogP contribution in [0.4, 0.5) is 0 Å². The van der Waals surface area contributed by atoms with Crippen LogP contribution in [0.2, 0.25) is 0 Å². The number of nitrogens with one attached hydrogen (secondary N) is 1. The fraction of sp³-hybridized carbons (Fsp3) is 0.562. The number of esters is 1. The highest BCUT2D eigenvalue weighted by atomic mass is 32.2. The second-order valence-corrected chi connectivity index (χ2v) is 8.02. The van der Waals surface area contributed by atoms with Crippen LogP contribution in [0.3, 0.4) is 0 Å². The summed E-state index contributed by atoms with van der Waals surface area (Å²) in [7, 11) is -2.47. The van der Waals surface area contributed by atoms with E-state index in [1.54, 1.807) is 16.4 Å². The fourth-order valence-corrected chi connectivity index (χ4v) is 5.65. The highest BCUT2D eigenvalue weighted by Gasteiger charge is 2.44. The smallest absolute Gasteiger partial charge is 0.339 e. The predicted octanol–water partition coefficient (Wildman–Crippen LogP) is 1.30. The van der Waals surface area contributed by atoms with Crippen LogP contribution in [-0.2, 0) is 14.8 Å². The summed E-state index contributed by atoms with van der Waals surface area (Å²) in [4.78, 5) is 12.1. The summed E-state index contributed by atoms with van der Waals surface area (Å²) in [6, 6.07) is 4.79. The zero-order chi connectivity index (χ0) is 16.6. The summed E-state index contributed by atoms with van der Waals surface area (Å²) in [5.74, 6) is -0.618. The molecule has 1 N–H and O–H groups in total. The van der Waals surface area contributed by atoms with Gasteiger partial charge in [0, 0.05) is 18.6 Å². The standard InChI is InChI=1S/C16H22N2O4S/c1-11-3-6-15(14(9-11)16(19)22-2)23(20,21)18-12-4-5-13(18)10-17-8-7-12/h3,6,9,12-13,17H,4-5,7-8,10H2,1-2H3. The van der Waals surface area contributed by atoms with Crippen molar-refractivity contribution in [2.75, 3.05) is 20.2 Å². The number of hydrogen-bond donors (Lipinski definition) is 1. The molecule has 2 aliphatic heterocycles. The number of sulfonamides is 1. The van der Waals surface area contributed by atoms with Gasteiger partial charge >= 0.3 is 5.97 Å². The van der Waals surface area contributed by atoms with Crippen LogP contribution in [0.25, 0.3) is 0 Å². The van der Waals surface area contributed by atoms with E-state index in [1.807, 2.05) is 6.92 Å². The minimum atomic E-state index is -3.73. The molecule has 2 unspecified atom stereocenters. The van der Waals surface area contributed by atoms with E-state index < -0.39 is 16.0 Å². The topological polar surface area (TPSA) is 75.7 Å². The molecule has 2 fully saturated rings. The lowest BCUT2D eigenvalue weighted by molar-refractivity contribution is 0.0596. The Hall–Kier alpha value is -1.44. The quantitative estimate of drug-likeness (QED) is 0.841. The molecule has 2 heterocycles. The number of fused-ring (bicyclic) bond motifs is 2. The van der Waals surface area contributed by atoms with Crippen molar-refractivity contribution in [1.82, 2.24) is 9.62 Å². The van der Waals surface area contributed by atoms with Gasteiger partial charge in [-0.2, -0.15) is 4.31 Å². The van der Waals surface area contributed by atoms with E-state index in [0.717, 1.165) is 31.4 Å². The van der Waals surface area contributed by atoms with E-state index in [2.05, 4.69) is 5.32 Å². The Morgan fingerprint density at radius 1 is 1.26 bits per heavy atom. The van der Waals surface area contributed by atoms with Gasteiger partial charge in [-0.3, -0.25) is 0 Å². The molecule has 1 aromatic carbocycles. The van der Waals surface area contributed by atoms with Crippen molar-refractivity contribution in [3.05, 3.63) is 29.3 Å². The van der Waals surface area contributed by atoms with Gasteiger partial charge in [0.25, 0.3) is 0 Å². The van der Waals surface area contributed by atoms with E-state index >= 15 is 0 Å². The lowest BCUT2D eigenvalue weighted by Gasteiger charge is -2.27. The molecule has 2 aliphatic rings. The van der Waals surface area contributed by atoms with Crippen LogP contribution in [0.15, 0.2) is 23.1 Å². The van der Waals surface area contributed by atoms with Crippen molar-refractivity contribution < 1.29 is 17.9 Å². The minimum Gasteiger partial charge on any atom is -0.465 e. The molecule has 2 atom stereocenters. The highest BCUT2D eigenvalue weighted by Crippen LogP contribution is 2.35. The average molecular weight is 338 g/mol. The normalized spacial score (nSPS) is 25.1. The van der Waals surface area contributed by atoms with Crippen molar-refractivity contribution in [2.24, 2.45) is 0 Å². The molecule has 7 heteroatoms. The molecule has 0 amide bonds. The Labute approximate surface area is 136 Å². The average Bonchev–Trinajstić information content (AvgIpc) is 2.79. The number of hydrogen-bond acceptors (Lipinski definition) is 5. The first-order valence-electron chi connectivity index (χ1n) is 7.88. The monoisotopic (exact) mass is 338 g/mol. The van der Waals surface area contributed by atoms with Crippen molar-refractivity contribution in [3.63, 3.8) is 0 Å². The Morgan fingerprint density at radius 2 is 2.00 bits per heavy atom. The van der Waals surface area contributed by atoms with Gasteiger partial charge in [0.2, 0.25) is 10.0 Å². The van der Waals surface area contributed by atoms with Gasteiger partial charge in [-0.1, -0.05) is 11.6 Å². The van der Waals surface area contributed by atoms with Crippen LogP contribution in [0.5, 0.6) is 0 Å². The maximum Gasteiger partial charge on any atom is 0.339 e. The van der Waals surface area contributed by atoms with E-state index in [9.17, 15) is 13.2 Å². The largest absolute Gasteiger partial charge is 0.465 e. The molecule has 1 aromatic rings. The SMILES string of the molecule is COC(=O)c1cc(C)ccc1S(=O)(=O)N1C2CCNCC1CC2. The van der Waals surface area contributed by atoms with Crippen molar-refractivity contribution in [3.8, 4) is 0 Å². The third-order valence-electron chi connectivity index (χ3n) is 4.68. The zero-order valence-corrected chi connectivity index (χ0v) is 14.2. The van der Waals surface area contributed by atoms with Gasteiger partial charge in [0.1, 0.15) is 0 Å². The zero-order valence-electron chi connectivity index (χ0n) is 13.4. The highest BCUT2D eigenvalue weighted by molar-refractivity contribution is 7.89. The molecule has 0 saturated carbocycles. The van der Waals surface area contributed by atoms with Gasteiger partial charge in [0.15, 0.2) is 0 Å². The summed E-state index contributed by atoms with van der Waals surface area (Å²) in [6.45, 7) is 3.31. The molecule has 23 heavy (non-hydrogen) atoms. The summed E-state index contributed by atoms with van der Waals surface area (Å²) < 4.78 is 32.9. The van der Waals surface area contributed by atoms with Crippen LogP contribution in [0, 0.1) is 6.92 Å². The number of methoxy groups -OCH3 is 1. The van der Waals surface area contributed by atoms with Crippen molar-refractivity contribution >= 4 is 16.0 Å². The molecule has 2 bridgehead atoms. The number of ether oxygens (including phenoxy) is 1. The number of carbonyl (C=O) groups excluding carboxylic acids is 1. The maximum absolute atomic E-state index is 13.2. The van der Waals surface area contributed by atoms with Crippen molar-refractivity contribution in [2.45, 2.75) is 43.2 Å². The van der Waals surface area contributed by atoms with E-state index in [0.29, 0.717) is 6.54 Å². The first-order valence-corrected chi connectivity index (χ1v) is 9.32. The second-order valence-electron chi connectivity index (χ2n) is 6.20. The van der Waals surface area contributed by atoms with Crippen LogP contribution in [0.1, 0.15) is 35.2 Å². The first-order chi connectivity index (χ1) is 10.9. The first kappa shape index (κ1) is 16.4. The molecular weight excluding hydrogens is 316 g/mol. The third kappa shape index (κ3) is 2.88. The number of carbonyl (C=O) groups is 1. The molecule has 0 spiro atoms. The Morgan fingerprint density at radius 3 is 2.74 bits per heavy atom. The number of nitrogens with zero attached hydrogens (tertiary/aromatic N) is 1.